The lowest BCUT2D eigenvalue weighted by molar-refractivity contribution is 0.100. The largest absolute Gasteiger partial charge is 0.293 e. The average Bonchev–Trinajstić information content (AvgIpc) is 3.21. The summed E-state index contributed by atoms with van der Waals surface area (Å²) in [6, 6.07) is 18.7. The second kappa shape index (κ2) is 9.15. The van der Waals surface area contributed by atoms with E-state index < -0.39 is 25.6 Å². The SMILES string of the molecule is CC(=O)c1nn(-c2ccc(S(N)(=O)=O)cc2)c(-c2ccc(Br)cc2)c1S(=O)(=O)c1ccc(C)cc1. The number of benzene rings is 3. The van der Waals surface area contributed by atoms with Gasteiger partial charge in [0.25, 0.3) is 0 Å². The van der Waals surface area contributed by atoms with Crippen LogP contribution in [0.25, 0.3) is 16.9 Å². The van der Waals surface area contributed by atoms with E-state index in [9.17, 15) is 21.6 Å². The molecule has 0 amide bonds. The van der Waals surface area contributed by atoms with Crippen molar-refractivity contribution in [1.29, 1.82) is 0 Å². The predicted molar refractivity (Wildman–Crippen MR) is 135 cm³/mol. The molecule has 4 rings (SSSR count). The van der Waals surface area contributed by atoms with Crippen LogP contribution in [0.5, 0.6) is 0 Å². The van der Waals surface area contributed by atoms with Gasteiger partial charge in [-0.15, -0.1) is 0 Å². The van der Waals surface area contributed by atoms with Crippen molar-refractivity contribution < 1.29 is 21.6 Å². The van der Waals surface area contributed by atoms with E-state index in [4.69, 9.17) is 5.14 Å². The molecule has 0 fully saturated rings. The number of hydrogen-bond acceptors (Lipinski definition) is 6. The Morgan fingerprint density at radius 2 is 1.40 bits per heavy atom. The van der Waals surface area contributed by atoms with Crippen LogP contribution in [0.15, 0.2) is 92.0 Å². The zero-order valence-electron chi connectivity index (χ0n) is 18.6. The van der Waals surface area contributed by atoms with Crippen LogP contribution in [0.3, 0.4) is 0 Å². The first-order valence-corrected chi connectivity index (χ1v) is 14.1. The maximum absolute atomic E-state index is 13.9. The van der Waals surface area contributed by atoms with E-state index in [0.29, 0.717) is 11.3 Å². The number of rotatable bonds is 6. The zero-order valence-corrected chi connectivity index (χ0v) is 21.9. The highest BCUT2D eigenvalue weighted by atomic mass is 79.9. The molecule has 1 heterocycles. The van der Waals surface area contributed by atoms with Crippen LogP contribution in [0, 0.1) is 6.92 Å². The molecule has 3 aromatic carbocycles. The van der Waals surface area contributed by atoms with E-state index in [-0.39, 0.29) is 26.1 Å². The second-order valence-electron chi connectivity index (χ2n) is 7.86. The Morgan fingerprint density at radius 3 is 1.91 bits per heavy atom. The Bertz CT molecular complexity index is 1640. The minimum absolute atomic E-state index is 0.0214. The van der Waals surface area contributed by atoms with E-state index >= 15 is 0 Å². The van der Waals surface area contributed by atoms with Gasteiger partial charge in [0.05, 0.1) is 21.2 Å². The normalized spacial score (nSPS) is 12.0. The molecule has 4 aromatic rings. The van der Waals surface area contributed by atoms with Gasteiger partial charge in [-0.25, -0.2) is 26.7 Å². The van der Waals surface area contributed by atoms with Crippen LogP contribution < -0.4 is 5.14 Å². The molecule has 0 aliphatic carbocycles. The molecule has 0 saturated carbocycles. The van der Waals surface area contributed by atoms with Gasteiger partial charge in [-0.05, 0) is 55.5 Å². The van der Waals surface area contributed by atoms with E-state index in [1.807, 2.05) is 6.92 Å². The molecule has 0 aliphatic heterocycles. The fourth-order valence-corrected chi connectivity index (χ4v) is 5.96. The molecule has 0 bridgehead atoms. The first-order valence-electron chi connectivity index (χ1n) is 10.2. The summed E-state index contributed by atoms with van der Waals surface area (Å²) < 4.78 is 53.2. The summed E-state index contributed by atoms with van der Waals surface area (Å²) in [7, 11) is -8.10. The van der Waals surface area contributed by atoms with Crippen LogP contribution >= 0.6 is 15.9 Å². The van der Waals surface area contributed by atoms with E-state index in [0.717, 1.165) is 10.0 Å². The highest BCUT2D eigenvalue weighted by Crippen LogP contribution is 2.37. The van der Waals surface area contributed by atoms with Gasteiger partial charge in [0.15, 0.2) is 5.78 Å². The van der Waals surface area contributed by atoms with Gasteiger partial charge in [-0.3, -0.25) is 4.79 Å². The summed E-state index contributed by atoms with van der Waals surface area (Å²) in [5, 5.41) is 9.58. The van der Waals surface area contributed by atoms with Gasteiger partial charge in [0, 0.05) is 17.0 Å². The fraction of sp³-hybridized carbons (Fsp3) is 0.0833. The predicted octanol–water partition coefficient (Wildman–Crippen LogP) is 4.29. The van der Waals surface area contributed by atoms with Crippen molar-refractivity contribution in [3.05, 3.63) is 88.5 Å². The number of aryl methyl sites for hydroxylation is 1. The molecule has 0 saturated heterocycles. The van der Waals surface area contributed by atoms with Gasteiger partial charge in [0.2, 0.25) is 19.9 Å². The van der Waals surface area contributed by atoms with Gasteiger partial charge >= 0.3 is 0 Å². The molecule has 2 N–H and O–H groups in total. The van der Waals surface area contributed by atoms with Gasteiger partial charge in [-0.2, -0.15) is 5.10 Å². The number of Topliss-reactive ketones (excluding diaryl/α,β-unsaturated/α-hetero) is 1. The minimum atomic E-state index is -4.17. The summed E-state index contributed by atoms with van der Waals surface area (Å²) in [6.45, 7) is 3.09. The van der Waals surface area contributed by atoms with Crippen molar-refractivity contribution in [3.8, 4) is 16.9 Å². The van der Waals surface area contributed by atoms with E-state index in [2.05, 4.69) is 21.0 Å². The van der Waals surface area contributed by atoms with Crippen molar-refractivity contribution >= 4 is 41.6 Å². The first-order chi connectivity index (χ1) is 16.4. The maximum atomic E-state index is 13.9. The third-order valence-electron chi connectivity index (χ3n) is 5.30. The van der Waals surface area contributed by atoms with Crippen molar-refractivity contribution in [2.45, 2.75) is 28.5 Å². The highest BCUT2D eigenvalue weighted by molar-refractivity contribution is 9.10. The van der Waals surface area contributed by atoms with Crippen molar-refractivity contribution in [1.82, 2.24) is 9.78 Å². The molecule has 0 atom stereocenters. The average molecular weight is 574 g/mol. The molecule has 180 valence electrons. The molecule has 1 aromatic heterocycles. The number of primary sulfonamides is 1. The molecule has 0 radical (unpaired) electrons. The molecule has 0 spiro atoms. The summed E-state index contributed by atoms with van der Waals surface area (Å²) >= 11 is 3.37. The van der Waals surface area contributed by atoms with Crippen molar-refractivity contribution in [2.24, 2.45) is 5.14 Å². The number of sulfone groups is 1. The Morgan fingerprint density at radius 1 is 0.857 bits per heavy atom. The number of nitrogens with zero attached hydrogens (tertiary/aromatic N) is 2. The van der Waals surface area contributed by atoms with E-state index in [1.54, 1.807) is 36.4 Å². The lowest BCUT2D eigenvalue weighted by Crippen LogP contribution is -2.12. The Labute approximate surface area is 211 Å². The van der Waals surface area contributed by atoms with Crippen LogP contribution in [0.4, 0.5) is 0 Å². The van der Waals surface area contributed by atoms with Crippen molar-refractivity contribution in [3.63, 3.8) is 0 Å². The van der Waals surface area contributed by atoms with Gasteiger partial charge in [-0.1, -0.05) is 45.8 Å². The number of ketones is 1. The molecule has 0 aliphatic rings. The lowest BCUT2D eigenvalue weighted by atomic mass is 10.1. The number of nitrogens with two attached hydrogens (primary N) is 1. The van der Waals surface area contributed by atoms with Gasteiger partial charge in [0.1, 0.15) is 10.6 Å². The van der Waals surface area contributed by atoms with Crippen LogP contribution in [-0.2, 0) is 19.9 Å². The van der Waals surface area contributed by atoms with Crippen molar-refractivity contribution in [2.75, 3.05) is 0 Å². The summed E-state index contributed by atoms with van der Waals surface area (Å²) in [5.74, 6) is -0.533. The highest BCUT2D eigenvalue weighted by Gasteiger charge is 2.33. The standard InChI is InChI=1S/C24H20BrN3O5S2/c1-15-3-11-20(12-4-15)34(30,31)24-22(16(2)29)27-28(23(24)17-5-7-18(25)8-6-17)19-9-13-21(14-10-19)35(26,32)33/h3-14H,1-2H3,(H2,26,32,33). The lowest BCUT2D eigenvalue weighted by Gasteiger charge is -2.12. The van der Waals surface area contributed by atoms with Crippen LogP contribution in [0.1, 0.15) is 23.0 Å². The third-order valence-corrected chi connectivity index (χ3v) is 8.58. The number of aromatic nitrogens is 2. The molecular weight excluding hydrogens is 554 g/mol. The Balaban J connectivity index is 2.07. The van der Waals surface area contributed by atoms with Crippen LogP contribution in [-0.4, -0.2) is 32.4 Å². The maximum Gasteiger partial charge on any atom is 0.238 e. The molecule has 8 nitrogen and oxygen atoms in total. The molecular formula is C24H20BrN3O5S2. The Kier molecular flexibility index (Phi) is 6.54. The summed E-state index contributed by atoms with van der Waals surface area (Å²) in [6.07, 6.45) is 0. The number of carbonyl (C=O) groups excluding carboxylic acids is 1. The molecule has 11 heteroatoms. The monoisotopic (exact) mass is 573 g/mol. The number of halogens is 1. The number of sulfonamides is 1. The zero-order chi connectivity index (χ0) is 25.5. The first kappa shape index (κ1) is 25.0. The van der Waals surface area contributed by atoms with Gasteiger partial charge < -0.3 is 0 Å². The minimum Gasteiger partial charge on any atom is -0.293 e. The molecule has 0 unspecified atom stereocenters. The Hall–Kier alpha value is -3.12. The smallest absolute Gasteiger partial charge is 0.238 e. The number of carbonyl (C=O) groups is 1. The third kappa shape index (κ3) is 4.85. The second-order valence-corrected chi connectivity index (χ2v) is 12.2. The molecule has 35 heavy (non-hydrogen) atoms. The van der Waals surface area contributed by atoms with Crippen LogP contribution in [0.2, 0.25) is 0 Å². The topological polar surface area (TPSA) is 129 Å². The summed E-state index contributed by atoms with van der Waals surface area (Å²) in [4.78, 5) is 12.3. The number of hydrogen-bond donors (Lipinski definition) is 1. The summed E-state index contributed by atoms with van der Waals surface area (Å²) in [5.41, 5.74) is 1.68. The van der Waals surface area contributed by atoms with E-state index in [1.165, 1.54) is 48.0 Å². The quantitative estimate of drug-likeness (QED) is 0.342. The fourth-order valence-electron chi connectivity index (χ4n) is 3.55.